The molecule has 0 aliphatic heterocycles. The summed E-state index contributed by atoms with van der Waals surface area (Å²) in [5.74, 6) is 0. The van der Waals surface area contributed by atoms with E-state index in [1.54, 1.807) is 0 Å². The van der Waals surface area contributed by atoms with Gasteiger partial charge in [-0.2, -0.15) is 59.7 Å². The van der Waals surface area contributed by atoms with Crippen LogP contribution in [0, 0.1) is 12.1 Å². The van der Waals surface area contributed by atoms with E-state index in [4.69, 9.17) is 17.0 Å². The van der Waals surface area contributed by atoms with Gasteiger partial charge in [0.25, 0.3) is 0 Å². The summed E-state index contributed by atoms with van der Waals surface area (Å²) in [4.78, 5) is 0. The molecule has 42 heavy (non-hydrogen) atoms. The van der Waals surface area contributed by atoms with E-state index in [1.807, 2.05) is 48.5 Å². The Kier molecular flexibility index (Phi) is 9.42. The fourth-order valence-corrected chi connectivity index (χ4v) is 10.1. The molecule has 0 bridgehead atoms. The first kappa shape index (κ1) is 28.8. The molecule has 0 fully saturated rings. The van der Waals surface area contributed by atoms with Crippen LogP contribution < -0.4 is 0 Å². The van der Waals surface area contributed by atoms with Crippen LogP contribution in [-0.4, -0.2) is 3.21 Å². The molecular formula is C39H28Cl2Zr-2. The Morgan fingerprint density at radius 1 is 0.452 bits per heavy atom. The monoisotopic (exact) mass is 656 g/mol. The van der Waals surface area contributed by atoms with E-state index in [0.29, 0.717) is 0 Å². The predicted octanol–water partition coefficient (Wildman–Crippen LogP) is 10.3. The third kappa shape index (κ3) is 6.50. The maximum atomic E-state index is 6.24. The second-order valence-corrected chi connectivity index (χ2v) is 18.3. The summed E-state index contributed by atoms with van der Waals surface area (Å²) >= 11 is -2.44. The molecule has 0 aromatic heterocycles. The third-order valence-corrected chi connectivity index (χ3v) is 12.1. The van der Waals surface area contributed by atoms with Crippen LogP contribution in [0.1, 0.15) is 33.4 Å². The van der Waals surface area contributed by atoms with Crippen LogP contribution in [0.15, 0.2) is 146 Å². The summed E-state index contributed by atoms with van der Waals surface area (Å²) in [6.45, 7) is 0. The van der Waals surface area contributed by atoms with Crippen LogP contribution in [-0.2, 0) is 31.7 Å². The fraction of sp³-hybridized carbons (Fsp3) is 0.0513. The standard InChI is InChI=1S/2C13H9.C13H10.2ClH.Zr/c2*1-3-7-12-10(5-1)9-11-6-2-4-8-13(11)12;1-3-7-12(8-4-1)11-13-9-5-2-6-10-13;;;/h2*1-5,7-8H,9H2;1-10H;2*1H;/q2*-1;;;;+2/p-2. The molecule has 0 unspecified atom stereocenters. The molecule has 2 aliphatic rings. The molecule has 0 saturated heterocycles. The van der Waals surface area contributed by atoms with Gasteiger partial charge >= 0.3 is 111 Å². The Bertz CT molecular complexity index is 1620. The summed E-state index contributed by atoms with van der Waals surface area (Å²) in [5.41, 5.74) is 13.3. The predicted molar refractivity (Wildman–Crippen MR) is 175 cm³/mol. The van der Waals surface area contributed by atoms with Crippen molar-refractivity contribution in [3.8, 4) is 22.3 Å². The Hall–Kier alpha value is -3.35. The second kappa shape index (κ2) is 13.8. The Morgan fingerprint density at radius 3 is 1.26 bits per heavy atom. The van der Waals surface area contributed by atoms with E-state index in [1.165, 1.54) is 44.5 Å². The zero-order valence-corrected chi connectivity index (χ0v) is 27.0. The SMILES string of the molecule is [Cl][Zr]([Cl])=[C](c1ccccc1)c1ccccc1.[c-]1cccc2c1Cc1ccccc1-2.[c-]1cccc2c1Cc1ccccc1-2. The van der Waals surface area contributed by atoms with Gasteiger partial charge in [0.2, 0.25) is 0 Å². The summed E-state index contributed by atoms with van der Waals surface area (Å²) in [6, 6.07) is 56.5. The molecule has 0 amide bonds. The van der Waals surface area contributed by atoms with Gasteiger partial charge in [-0.25, -0.2) is 0 Å². The zero-order valence-electron chi connectivity index (χ0n) is 23.0. The first-order valence-corrected chi connectivity index (χ1v) is 21.6. The van der Waals surface area contributed by atoms with Gasteiger partial charge in [0.15, 0.2) is 0 Å². The molecule has 0 saturated carbocycles. The van der Waals surface area contributed by atoms with Crippen LogP contribution in [0.25, 0.3) is 22.3 Å². The van der Waals surface area contributed by atoms with Crippen molar-refractivity contribution in [2.24, 2.45) is 0 Å². The molecule has 2 aliphatic carbocycles. The fourth-order valence-electron chi connectivity index (χ4n) is 5.59. The molecule has 6 aromatic carbocycles. The molecule has 3 heteroatoms. The van der Waals surface area contributed by atoms with Gasteiger partial charge in [-0.1, -0.05) is 70.8 Å². The Morgan fingerprint density at radius 2 is 0.833 bits per heavy atom. The van der Waals surface area contributed by atoms with Crippen molar-refractivity contribution >= 4 is 20.2 Å². The van der Waals surface area contributed by atoms with Crippen LogP contribution >= 0.6 is 17.0 Å². The molecule has 8 rings (SSSR count). The maximum Gasteiger partial charge on any atom is -0.0253 e. The van der Waals surface area contributed by atoms with E-state index < -0.39 is 18.9 Å². The minimum Gasteiger partial charge on any atom is -0.179 e. The Balaban J connectivity index is 0.000000113. The van der Waals surface area contributed by atoms with Crippen molar-refractivity contribution in [2.75, 3.05) is 0 Å². The Labute approximate surface area is 263 Å². The van der Waals surface area contributed by atoms with Gasteiger partial charge in [-0.3, -0.25) is 0 Å². The van der Waals surface area contributed by atoms with Crippen LogP contribution in [0.5, 0.6) is 0 Å². The van der Waals surface area contributed by atoms with Gasteiger partial charge in [0, 0.05) is 0 Å². The summed E-state index contributed by atoms with van der Waals surface area (Å²) in [6.07, 6.45) is 2.10. The summed E-state index contributed by atoms with van der Waals surface area (Å²) < 4.78 is 1.15. The molecule has 204 valence electrons. The number of hydrogen-bond donors (Lipinski definition) is 0. The second-order valence-electron chi connectivity index (χ2n) is 10.2. The van der Waals surface area contributed by atoms with Gasteiger partial charge in [0.1, 0.15) is 0 Å². The average molecular weight is 659 g/mol. The van der Waals surface area contributed by atoms with Crippen LogP contribution in [0.3, 0.4) is 0 Å². The zero-order chi connectivity index (χ0) is 28.7. The quantitative estimate of drug-likeness (QED) is 0.162. The number of rotatable bonds is 2. The molecule has 0 nitrogen and oxygen atoms in total. The molecular weight excluding hydrogens is 631 g/mol. The van der Waals surface area contributed by atoms with E-state index in [9.17, 15) is 0 Å². The molecule has 6 aromatic rings. The van der Waals surface area contributed by atoms with Gasteiger partial charge in [0.05, 0.1) is 0 Å². The van der Waals surface area contributed by atoms with Gasteiger partial charge < -0.3 is 0 Å². The maximum absolute atomic E-state index is 6.24. The van der Waals surface area contributed by atoms with Crippen molar-refractivity contribution in [2.45, 2.75) is 12.8 Å². The molecule has 0 heterocycles. The van der Waals surface area contributed by atoms with Gasteiger partial charge in [-0.05, 0) is 12.8 Å². The minimum absolute atomic E-state index is 1.05. The number of halogens is 2. The van der Waals surface area contributed by atoms with Gasteiger partial charge in [-0.15, -0.1) is 11.1 Å². The van der Waals surface area contributed by atoms with Crippen molar-refractivity contribution in [3.05, 3.63) is 191 Å². The topological polar surface area (TPSA) is 0 Å². The molecule has 0 atom stereocenters. The van der Waals surface area contributed by atoms with Crippen molar-refractivity contribution in [3.63, 3.8) is 0 Å². The summed E-state index contributed by atoms with van der Waals surface area (Å²) in [7, 11) is 12.5. The van der Waals surface area contributed by atoms with E-state index in [-0.39, 0.29) is 0 Å². The molecule has 0 spiro atoms. The van der Waals surface area contributed by atoms with Crippen LogP contribution in [0.4, 0.5) is 0 Å². The van der Waals surface area contributed by atoms with E-state index >= 15 is 0 Å². The van der Waals surface area contributed by atoms with E-state index in [0.717, 1.165) is 27.2 Å². The average Bonchev–Trinajstić information content (AvgIpc) is 3.61. The van der Waals surface area contributed by atoms with Crippen molar-refractivity contribution < 1.29 is 18.9 Å². The largest absolute Gasteiger partial charge is 0.179 e. The normalized spacial score (nSPS) is 11.4. The number of benzene rings is 6. The molecule has 0 radical (unpaired) electrons. The van der Waals surface area contributed by atoms with Crippen LogP contribution in [0.2, 0.25) is 0 Å². The first-order valence-electron chi connectivity index (χ1n) is 14.0. The first-order chi connectivity index (χ1) is 20.7. The molecule has 0 N–H and O–H groups in total. The number of hydrogen-bond acceptors (Lipinski definition) is 0. The smallest absolute Gasteiger partial charge is 0.0253 e. The van der Waals surface area contributed by atoms with E-state index in [2.05, 4.69) is 109 Å². The minimum atomic E-state index is -2.44. The van der Waals surface area contributed by atoms with Crippen molar-refractivity contribution in [1.29, 1.82) is 0 Å². The number of fused-ring (bicyclic) bond motifs is 6. The summed E-state index contributed by atoms with van der Waals surface area (Å²) in [5, 5.41) is 0. The third-order valence-electron chi connectivity index (χ3n) is 7.55. The van der Waals surface area contributed by atoms with Crippen molar-refractivity contribution in [1.82, 2.24) is 0 Å².